The van der Waals surface area contributed by atoms with Gasteiger partial charge in [0.05, 0.1) is 16.8 Å². The molecule has 0 aliphatic heterocycles. The van der Waals surface area contributed by atoms with E-state index < -0.39 is 0 Å². The van der Waals surface area contributed by atoms with Gasteiger partial charge in [-0.05, 0) is 30.0 Å². The molecule has 0 radical (unpaired) electrons. The molecule has 0 bridgehead atoms. The lowest BCUT2D eigenvalue weighted by molar-refractivity contribution is 0.103. The van der Waals surface area contributed by atoms with Gasteiger partial charge in [-0.15, -0.1) is 11.3 Å². The number of thiophene rings is 1. The Hall–Kier alpha value is -1.92. The average Bonchev–Trinajstić information content (AvgIpc) is 3.00. The number of aromatic nitrogens is 1. The largest absolute Gasteiger partial charge is 0.385 e. The van der Waals surface area contributed by atoms with Crippen LogP contribution in [-0.4, -0.2) is 31.2 Å². The lowest BCUT2D eigenvalue weighted by atomic mass is 10.3. The number of carbonyl (C=O) groups is 1. The summed E-state index contributed by atoms with van der Waals surface area (Å²) in [5.74, 6) is 0.416. The van der Waals surface area contributed by atoms with Gasteiger partial charge in [0, 0.05) is 20.3 Å². The molecule has 0 aromatic carbocycles. The van der Waals surface area contributed by atoms with Crippen LogP contribution in [-0.2, 0) is 4.74 Å². The number of nitrogens with one attached hydrogen (secondary N) is 2. The molecule has 0 aliphatic rings. The zero-order valence-electron chi connectivity index (χ0n) is 11.3. The molecule has 0 saturated carbocycles. The Bertz CT molecular complexity index is 526. The Labute approximate surface area is 122 Å². The molecule has 1 amide bonds. The van der Waals surface area contributed by atoms with Crippen molar-refractivity contribution in [3.8, 4) is 0 Å². The summed E-state index contributed by atoms with van der Waals surface area (Å²) in [7, 11) is 1.69. The zero-order chi connectivity index (χ0) is 14.2. The topological polar surface area (TPSA) is 63.2 Å². The Morgan fingerprint density at radius 3 is 2.95 bits per heavy atom. The third-order valence-electron chi connectivity index (χ3n) is 2.60. The summed E-state index contributed by atoms with van der Waals surface area (Å²) in [5.41, 5.74) is 0.926. The van der Waals surface area contributed by atoms with Crippen LogP contribution in [0, 0.1) is 0 Å². The highest BCUT2D eigenvalue weighted by Crippen LogP contribution is 2.13. The normalized spacial score (nSPS) is 10.2. The fourth-order valence-electron chi connectivity index (χ4n) is 1.61. The highest BCUT2D eigenvalue weighted by molar-refractivity contribution is 7.12. The summed E-state index contributed by atoms with van der Waals surface area (Å²) >= 11 is 1.41. The molecule has 2 rings (SSSR count). The first-order valence-electron chi connectivity index (χ1n) is 6.33. The maximum Gasteiger partial charge on any atom is 0.266 e. The summed E-state index contributed by atoms with van der Waals surface area (Å²) in [5, 5.41) is 7.87. The number of carbonyl (C=O) groups excluding carboxylic acids is 1. The molecule has 6 heteroatoms. The summed E-state index contributed by atoms with van der Waals surface area (Å²) in [6.07, 6.45) is 2.64. The molecule has 2 aromatic rings. The molecule has 0 atom stereocenters. The number of pyridine rings is 1. The molecule has 5 nitrogen and oxygen atoms in total. The second-order valence-electron chi connectivity index (χ2n) is 4.14. The number of hydrogen-bond acceptors (Lipinski definition) is 5. The molecule has 2 N–H and O–H groups in total. The van der Waals surface area contributed by atoms with Gasteiger partial charge in [-0.25, -0.2) is 4.98 Å². The van der Waals surface area contributed by atoms with Gasteiger partial charge in [-0.2, -0.15) is 0 Å². The van der Waals surface area contributed by atoms with Crippen molar-refractivity contribution in [3.63, 3.8) is 0 Å². The standard InChI is InChI=1S/C14H17N3O2S/c1-19-8-3-7-15-11-5-6-13(16-10-11)17-14(18)12-4-2-9-20-12/h2,4-6,9-10,15H,3,7-8H2,1H3,(H,16,17,18). The van der Waals surface area contributed by atoms with E-state index in [1.54, 1.807) is 25.4 Å². The van der Waals surface area contributed by atoms with E-state index in [1.807, 2.05) is 17.5 Å². The Balaban J connectivity index is 1.83. The molecular formula is C14H17N3O2S. The van der Waals surface area contributed by atoms with Gasteiger partial charge in [0.1, 0.15) is 5.82 Å². The number of rotatable bonds is 7. The minimum Gasteiger partial charge on any atom is -0.385 e. The predicted octanol–water partition coefficient (Wildman–Crippen LogP) is 2.84. The lowest BCUT2D eigenvalue weighted by Gasteiger charge is -2.07. The fourth-order valence-corrected chi connectivity index (χ4v) is 2.23. The minimum absolute atomic E-state index is 0.131. The summed E-state index contributed by atoms with van der Waals surface area (Å²) < 4.78 is 4.98. The van der Waals surface area contributed by atoms with Gasteiger partial charge < -0.3 is 15.4 Å². The first-order valence-corrected chi connectivity index (χ1v) is 7.21. The van der Waals surface area contributed by atoms with Crippen LogP contribution in [0.3, 0.4) is 0 Å². The molecule has 106 valence electrons. The van der Waals surface area contributed by atoms with Crippen LogP contribution in [0.15, 0.2) is 35.8 Å². The average molecular weight is 291 g/mol. The fraction of sp³-hybridized carbons (Fsp3) is 0.286. The number of hydrogen-bond donors (Lipinski definition) is 2. The number of ether oxygens (including phenoxy) is 1. The SMILES string of the molecule is COCCCNc1ccc(NC(=O)c2cccs2)nc1. The van der Waals surface area contributed by atoms with Crippen molar-refractivity contribution < 1.29 is 9.53 Å². The van der Waals surface area contributed by atoms with E-state index in [9.17, 15) is 4.79 Å². The molecule has 0 fully saturated rings. The van der Waals surface area contributed by atoms with E-state index in [-0.39, 0.29) is 5.91 Å². The molecule has 0 saturated heterocycles. The van der Waals surface area contributed by atoms with E-state index in [0.717, 1.165) is 25.3 Å². The van der Waals surface area contributed by atoms with Crippen LogP contribution in [0.5, 0.6) is 0 Å². The lowest BCUT2D eigenvalue weighted by Crippen LogP contribution is -2.11. The number of anilines is 2. The van der Waals surface area contributed by atoms with Crippen molar-refractivity contribution in [2.45, 2.75) is 6.42 Å². The predicted molar refractivity (Wildman–Crippen MR) is 81.5 cm³/mol. The number of methoxy groups -OCH3 is 1. The summed E-state index contributed by atoms with van der Waals surface area (Å²) in [6, 6.07) is 7.31. The first kappa shape index (κ1) is 14.5. The Morgan fingerprint density at radius 1 is 1.40 bits per heavy atom. The van der Waals surface area contributed by atoms with Gasteiger partial charge in [-0.1, -0.05) is 6.07 Å². The van der Waals surface area contributed by atoms with Crippen LogP contribution < -0.4 is 10.6 Å². The maximum atomic E-state index is 11.8. The van der Waals surface area contributed by atoms with E-state index in [2.05, 4.69) is 15.6 Å². The second kappa shape index (κ2) is 7.62. The van der Waals surface area contributed by atoms with Gasteiger partial charge in [0.25, 0.3) is 5.91 Å². The third kappa shape index (κ3) is 4.32. The van der Waals surface area contributed by atoms with Gasteiger partial charge >= 0.3 is 0 Å². The van der Waals surface area contributed by atoms with Crippen molar-refractivity contribution in [3.05, 3.63) is 40.7 Å². The molecule has 0 spiro atoms. The van der Waals surface area contributed by atoms with Crippen LogP contribution in [0.2, 0.25) is 0 Å². The smallest absolute Gasteiger partial charge is 0.266 e. The number of amides is 1. The quantitative estimate of drug-likeness (QED) is 0.770. The molecule has 0 aliphatic carbocycles. The van der Waals surface area contributed by atoms with Crippen molar-refractivity contribution in [2.24, 2.45) is 0 Å². The van der Waals surface area contributed by atoms with Gasteiger partial charge in [0.2, 0.25) is 0 Å². The van der Waals surface area contributed by atoms with Crippen LogP contribution in [0.4, 0.5) is 11.5 Å². The van der Waals surface area contributed by atoms with Crippen molar-refractivity contribution >= 4 is 28.7 Å². The first-order chi connectivity index (χ1) is 9.79. The van der Waals surface area contributed by atoms with Crippen LogP contribution in [0.25, 0.3) is 0 Å². The molecular weight excluding hydrogens is 274 g/mol. The highest BCUT2D eigenvalue weighted by Gasteiger charge is 2.07. The van der Waals surface area contributed by atoms with E-state index in [0.29, 0.717) is 10.7 Å². The summed E-state index contributed by atoms with van der Waals surface area (Å²) in [6.45, 7) is 1.56. The van der Waals surface area contributed by atoms with Gasteiger partial charge in [0.15, 0.2) is 0 Å². The van der Waals surface area contributed by atoms with E-state index >= 15 is 0 Å². The zero-order valence-corrected chi connectivity index (χ0v) is 12.1. The van der Waals surface area contributed by atoms with Gasteiger partial charge in [-0.3, -0.25) is 4.79 Å². The molecule has 0 unspecified atom stereocenters. The second-order valence-corrected chi connectivity index (χ2v) is 5.08. The molecule has 20 heavy (non-hydrogen) atoms. The molecule has 2 heterocycles. The van der Waals surface area contributed by atoms with E-state index in [1.165, 1.54) is 11.3 Å². The van der Waals surface area contributed by atoms with Crippen molar-refractivity contribution in [1.82, 2.24) is 4.98 Å². The van der Waals surface area contributed by atoms with Crippen LogP contribution in [0.1, 0.15) is 16.1 Å². The Morgan fingerprint density at radius 2 is 2.30 bits per heavy atom. The number of nitrogens with zero attached hydrogens (tertiary/aromatic N) is 1. The Kier molecular flexibility index (Phi) is 5.52. The van der Waals surface area contributed by atoms with Crippen LogP contribution >= 0.6 is 11.3 Å². The minimum atomic E-state index is -0.131. The highest BCUT2D eigenvalue weighted by atomic mass is 32.1. The van der Waals surface area contributed by atoms with E-state index in [4.69, 9.17) is 4.74 Å². The van der Waals surface area contributed by atoms with Crippen molar-refractivity contribution in [2.75, 3.05) is 30.9 Å². The van der Waals surface area contributed by atoms with Crippen molar-refractivity contribution in [1.29, 1.82) is 0 Å². The summed E-state index contributed by atoms with van der Waals surface area (Å²) in [4.78, 5) is 16.7. The maximum absolute atomic E-state index is 11.8. The monoisotopic (exact) mass is 291 g/mol. The molecule has 2 aromatic heterocycles. The third-order valence-corrected chi connectivity index (χ3v) is 3.47.